The molecular weight excluding hydrogens is 322 g/mol. The second-order valence-corrected chi connectivity index (χ2v) is 6.18. The van der Waals surface area contributed by atoms with Gasteiger partial charge < -0.3 is 25.0 Å². The van der Waals surface area contributed by atoms with Crippen LogP contribution in [-0.2, 0) is 14.3 Å². The molecule has 1 aliphatic rings. The molecule has 0 spiro atoms. The van der Waals surface area contributed by atoms with Gasteiger partial charge in [0, 0.05) is 24.9 Å². The molecule has 2 atom stereocenters. The molecule has 0 aliphatic carbocycles. The van der Waals surface area contributed by atoms with Crippen molar-refractivity contribution in [2.75, 3.05) is 45.2 Å². The van der Waals surface area contributed by atoms with Gasteiger partial charge in [-0.25, -0.2) is 0 Å². The van der Waals surface area contributed by atoms with Gasteiger partial charge in [-0.1, -0.05) is 6.07 Å². The minimum absolute atomic E-state index is 0.0541. The molecule has 1 unspecified atom stereocenters. The van der Waals surface area contributed by atoms with Crippen LogP contribution in [0.4, 0.5) is 5.69 Å². The molecule has 1 heterocycles. The van der Waals surface area contributed by atoms with Gasteiger partial charge in [0.25, 0.3) is 11.8 Å². The molecule has 138 valence electrons. The number of anilines is 1. The van der Waals surface area contributed by atoms with E-state index in [0.717, 1.165) is 24.3 Å². The van der Waals surface area contributed by atoms with Gasteiger partial charge in [-0.2, -0.15) is 0 Å². The lowest BCUT2D eigenvalue weighted by atomic mass is 10.2. The van der Waals surface area contributed by atoms with E-state index in [4.69, 9.17) is 9.47 Å². The van der Waals surface area contributed by atoms with E-state index < -0.39 is 0 Å². The molecule has 1 saturated heterocycles. The topological polar surface area (TPSA) is 81.1 Å². The zero-order chi connectivity index (χ0) is 18.1. The minimum atomic E-state index is -0.128. The van der Waals surface area contributed by atoms with Gasteiger partial charge >= 0.3 is 0 Å². The standard InChI is InChI=1S/C18H27N3O4/c1-3-21(12-17(22)19-11-16-8-5-9-25-16)13-18(23)20-14-6-4-7-15(10-14)24-2/h4,6-7,10,16H,3,5,8-9,11-13H2,1-2H3,(H,19,22)(H,20,23)/p+1/t16-/m1/s1. The van der Waals surface area contributed by atoms with Crippen LogP contribution in [0.5, 0.6) is 5.75 Å². The van der Waals surface area contributed by atoms with Crippen LogP contribution in [-0.4, -0.2) is 57.8 Å². The van der Waals surface area contributed by atoms with E-state index >= 15 is 0 Å². The maximum absolute atomic E-state index is 12.2. The SMILES string of the molecule is CC[NH+](CC(=O)NC[C@H]1CCCO1)CC(=O)Nc1cccc(OC)c1. The molecule has 2 amide bonds. The van der Waals surface area contributed by atoms with E-state index in [0.29, 0.717) is 24.5 Å². The van der Waals surface area contributed by atoms with Gasteiger partial charge in [0.15, 0.2) is 13.1 Å². The highest BCUT2D eigenvalue weighted by atomic mass is 16.5. The van der Waals surface area contributed by atoms with Crippen molar-refractivity contribution in [2.45, 2.75) is 25.9 Å². The van der Waals surface area contributed by atoms with Gasteiger partial charge in [0.1, 0.15) is 5.75 Å². The number of carbonyl (C=O) groups excluding carboxylic acids is 2. The summed E-state index contributed by atoms with van der Waals surface area (Å²) in [5.41, 5.74) is 0.683. The number of nitrogens with one attached hydrogen (secondary N) is 3. The molecule has 2 rings (SSSR count). The fourth-order valence-electron chi connectivity index (χ4n) is 2.77. The number of rotatable bonds is 9. The first-order valence-electron chi connectivity index (χ1n) is 8.76. The third kappa shape index (κ3) is 6.72. The van der Waals surface area contributed by atoms with Crippen LogP contribution in [0, 0.1) is 0 Å². The summed E-state index contributed by atoms with van der Waals surface area (Å²) in [5.74, 6) is 0.504. The van der Waals surface area contributed by atoms with Gasteiger partial charge in [0.2, 0.25) is 0 Å². The average molecular weight is 350 g/mol. The van der Waals surface area contributed by atoms with Crippen molar-refractivity contribution in [1.82, 2.24) is 5.32 Å². The number of carbonyl (C=O) groups is 2. The molecule has 0 aromatic heterocycles. The summed E-state index contributed by atoms with van der Waals surface area (Å²) in [4.78, 5) is 25.2. The Morgan fingerprint density at radius 2 is 2.12 bits per heavy atom. The summed E-state index contributed by atoms with van der Waals surface area (Å²) in [6.45, 7) is 4.49. The van der Waals surface area contributed by atoms with Crippen LogP contribution < -0.4 is 20.3 Å². The normalized spacial score (nSPS) is 17.8. The summed E-state index contributed by atoms with van der Waals surface area (Å²) < 4.78 is 10.6. The second kappa shape index (κ2) is 10.0. The largest absolute Gasteiger partial charge is 0.497 e. The highest BCUT2D eigenvalue weighted by molar-refractivity contribution is 5.91. The molecule has 3 N–H and O–H groups in total. The summed E-state index contributed by atoms with van der Waals surface area (Å²) in [7, 11) is 1.58. The predicted molar refractivity (Wildman–Crippen MR) is 94.8 cm³/mol. The van der Waals surface area contributed by atoms with Crippen LogP contribution in [0.3, 0.4) is 0 Å². The second-order valence-electron chi connectivity index (χ2n) is 6.18. The molecule has 7 heteroatoms. The van der Waals surface area contributed by atoms with Crippen molar-refractivity contribution >= 4 is 17.5 Å². The third-order valence-electron chi connectivity index (χ3n) is 4.23. The molecule has 0 saturated carbocycles. The van der Waals surface area contributed by atoms with Crippen molar-refractivity contribution in [3.05, 3.63) is 24.3 Å². The van der Waals surface area contributed by atoms with E-state index in [-0.39, 0.29) is 31.0 Å². The molecule has 1 aliphatic heterocycles. The highest BCUT2D eigenvalue weighted by Crippen LogP contribution is 2.16. The summed E-state index contributed by atoms with van der Waals surface area (Å²) in [6, 6.07) is 7.20. The van der Waals surface area contributed by atoms with Crippen molar-refractivity contribution in [1.29, 1.82) is 0 Å². The Kier molecular flexibility index (Phi) is 7.69. The maximum atomic E-state index is 12.2. The average Bonchev–Trinajstić information content (AvgIpc) is 3.13. The van der Waals surface area contributed by atoms with Crippen molar-refractivity contribution < 1.29 is 24.0 Å². The smallest absolute Gasteiger partial charge is 0.279 e. The minimum Gasteiger partial charge on any atom is -0.497 e. The Bertz CT molecular complexity index is 573. The highest BCUT2D eigenvalue weighted by Gasteiger charge is 2.19. The Labute approximate surface area is 148 Å². The Hall–Kier alpha value is -2.12. The number of benzene rings is 1. The van der Waals surface area contributed by atoms with E-state index in [1.165, 1.54) is 0 Å². The lowest BCUT2D eigenvalue weighted by Gasteiger charge is -2.18. The van der Waals surface area contributed by atoms with Gasteiger partial charge in [-0.3, -0.25) is 9.59 Å². The Morgan fingerprint density at radius 1 is 1.32 bits per heavy atom. The Morgan fingerprint density at radius 3 is 2.80 bits per heavy atom. The van der Waals surface area contributed by atoms with Crippen LogP contribution in [0.15, 0.2) is 24.3 Å². The van der Waals surface area contributed by atoms with Crippen LogP contribution >= 0.6 is 0 Å². The summed E-state index contributed by atoms with van der Waals surface area (Å²) in [6.07, 6.45) is 2.18. The molecule has 7 nitrogen and oxygen atoms in total. The van der Waals surface area contributed by atoms with Gasteiger partial charge in [-0.05, 0) is 31.9 Å². The third-order valence-corrected chi connectivity index (χ3v) is 4.23. The monoisotopic (exact) mass is 350 g/mol. The van der Waals surface area contributed by atoms with E-state index in [9.17, 15) is 9.59 Å². The lowest BCUT2D eigenvalue weighted by Crippen LogP contribution is -3.14. The fraction of sp³-hybridized carbons (Fsp3) is 0.556. The number of likely N-dealkylation sites (N-methyl/N-ethyl adjacent to an activating group) is 1. The first-order chi connectivity index (χ1) is 12.1. The number of quaternary nitrogens is 1. The van der Waals surface area contributed by atoms with E-state index in [1.54, 1.807) is 19.2 Å². The maximum Gasteiger partial charge on any atom is 0.279 e. The molecule has 1 aromatic carbocycles. The quantitative estimate of drug-likeness (QED) is 0.578. The predicted octanol–water partition coefficient (Wildman–Crippen LogP) is -0.166. The Balaban J connectivity index is 1.75. The van der Waals surface area contributed by atoms with Crippen molar-refractivity contribution in [2.24, 2.45) is 0 Å². The van der Waals surface area contributed by atoms with E-state index in [2.05, 4.69) is 10.6 Å². The fourth-order valence-corrected chi connectivity index (χ4v) is 2.77. The first kappa shape index (κ1) is 19.2. The zero-order valence-electron chi connectivity index (χ0n) is 15.0. The summed E-state index contributed by atoms with van der Waals surface area (Å²) in [5, 5.41) is 5.73. The number of ether oxygens (including phenoxy) is 2. The number of methoxy groups -OCH3 is 1. The molecule has 1 fully saturated rings. The molecule has 0 radical (unpaired) electrons. The molecular formula is C18H28N3O4+. The number of amides is 2. The van der Waals surface area contributed by atoms with Gasteiger partial charge in [0.05, 0.1) is 19.8 Å². The van der Waals surface area contributed by atoms with Crippen LogP contribution in [0.2, 0.25) is 0 Å². The van der Waals surface area contributed by atoms with Crippen molar-refractivity contribution in [3.63, 3.8) is 0 Å². The number of hydrogen-bond acceptors (Lipinski definition) is 4. The zero-order valence-corrected chi connectivity index (χ0v) is 15.0. The number of hydrogen-bond donors (Lipinski definition) is 3. The van der Waals surface area contributed by atoms with Crippen LogP contribution in [0.25, 0.3) is 0 Å². The molecule has 0 bridgehead atoms. The lowest BCUT2D eigenvalue weighted by molar-refractivity contribution is -0.881. The van der Waals surface area contributed by atoms with E-state index in [1.807, 2.05) is 19.1 Å². The van der Waals surface area contributed by atoms with Gasteiger partial charge in [-0.15, -0.1) is 0 Å². The molecule has 25 heavy (non-hydrogen) atoms. The van der Waals surface area contributed by atoms with Crippen LogP contribution in [0.1, 0.15) is 19.8 Å². The summed E-state index contributed by atoms with van der Waals surface area (Å²) >= 11 is 0. The molecule has 1 aromatic rings. The van der Waals surface area contributed by atoms with Crippen molar-refractivity contribution in [3.8, 4) is 5.75 Å². The first-order valence-corrected chi connectivity index (χ1v) is 8.76.